The highest BCUT2D eigenvalue weighted by Crippen LogP contribution is 2.34. The maximum Gasteiger partial charge on any atom is 0.331 e. The molecule has 0 fully saturated rings. The molecule has 8 heteroatoms. The van der Waals surface area contributed by atoms with Crippen molar-refractivity contribution in [3.63, 3.8) is 0 Å². The molecule has 2 amide bonds. The number of likely N-dealkylation sites (N-methyl/N-ethyl adjacent to an activating group) is 2. The normalized spacial score (nSPS) is 15.1. The molecule has 0 radical (unpaired) electrons. The van der Waals surface area contributed by atoms with Crippen LogP contribution in [0.5, 0.6) is 0 Å². The Morgan fingerprint density at radius 1 is 1.08 bits per heavy atom. The van der Waals surface area contributed by atoms with Crippen molar-refractivity contribution in [1.82, 2.24) is 20.1 Å². The largest absolute Gasteiger partial charge is 0.478 e. The van der Waals surface area contributed by atoms with Gasteiger partial charge in [0.1, 0.15) is 6.04 Å². The number of amides is 2. The zero-order valence-corrected chi connectivity index (χ0v) is 23.9. The van der Waals surface area contributed by atoms with E-state index in [0.29, 0.717) is 0 Å². The summed E-state index contributed by atoms with van der Waals surface area (Å²) in [5.41, 5.74) is 1.72. The number of benzene rings is 1. The van der Waals surface area contributed by atoms with E-state index >= 15 is 0 Å². The van der Waals surface area contributed by atoms with E-state index in [1.54, 1.807) is 25.1 Å². The van der Waals surface area contributed by atoms with Crippen molar-refractivity contribution in [2.75, 3.05) is 14.1 Å². The monoisotopic (exact) mass is 512 g/mol. The summed E-state index contributed by atoms with van der Waals surface area (Å²) in [6, 6.07) is 6.31. The predicted octanol–water partition coefficient (Wildman–Crippen LogP) is 3.70. The van der Waals surface area contributed by atoms with Crippen LogP contribution in [0.2, 0.25) is 0 Å². The van der Waals surface area contributed by atoms with E-state index in [9.17, 15) is 19.5 Å². The maximum absolute atomic E-state index is 13.7. The summed E-state index contributed by atoms with van der Waals surface area (Å²) in [5, 5.41) is 16.6. The molecule has 3 atom stereocenters. The van der Waals surface area contributed by atoms with Gasteiger partial charge in [-0.15, -0.1) is 0 Å². The molecule has 1 heterocycles. The van der Waals surface area contributed by atoms with Crippen molar-refractivity contribution in [2.24, 2.45) is 18.9 Å². The molecule has 0 saturated heterocycles. The zero-order chi connectivity index (χ0) is 28.2. The number of carboxylic acids is 1. The molecule has 0 aliphatic carbocycles. The second-order valence-electron chi connectivity index (χ2n) is 11.2. The van der Waals surface area contributed by atoms with Gasteiger partial charge in [0.05, 0.1) is 12.1 Å². The molecule has 0 saturated carbocycles. The number of para-hydroxylation sites is 1. The highest BCUT2D eigenvalue weighted by Gasteiger charge is 2.40. The van der Waals surface area contributed by atoms with Crippen molar-refractivity contribution in [2.45, 2.75) is 72.0 Å². The minimum Gasteiger partial charge on any atom is -0.478 e. The fourth-order valence-corrected chi connectivity index (χ4v) is 5.03. The number of rotatable bonds is 11. The molecule has 37 heavy (non-hydrogen) atoms. The Kier molecular flexibility index (Phi) is 9.72. The SMILES string of the molecule is CN[C@H](C(=O)N[C@H](C(=O)N(C)[C@H](/C=C(\C)C(=O)O)C(C)C)C(C)C)C(C)(C)c1cn(C)c2ccccc12. The van der Waals surface area contributed by atoms with Crippen molar-refractivity contribution >= 4 is 28.7 Å². The topological polar surface area (TPSA) is 104 Å². The lowest BCUT2D eigenvalue weighted by Crippen LogP contribution is -2.59. The smallest absolute Gasteiger partial charge is 0.331 e. The van der Waals surface area contributed by atoms with Gasteiger partial charge in [-0.05, 0) is 37.4 Å². The molecular formula is C29H44N4O4. The third-order valence-corrected chi connectivity index (χ3v) is 7.33. The highest BCUT2D eigenvalue weighted by atomic mass is 16.4. The number of hydrogen-bond acceptors (Lipinski definition) is 4. The first-order valence-electron chi connectivity index (χ1n) is 12.9. The summed E-state index contributed by atoms with van der Waals surface area (Å²) in [6.07, 6.45) is 3.66. The molecule has 204 valence electrons. The molecule has 8 nitrogen and oxygen atoms in total. The lowest BCUT2D eigenvalue weighted by molar-refractivity contribution is -0.139. The number of hydrogen-bond donors (Lipinski definition) is 3. The Morgan fingerprint density at radius 2 is 1.68 bits per heavy atom. The van der Waals surface area contributed by atoms with Gasteiger partial charge in [0, 0.05) is 42.2 Å². The standard InChI is InChI=1S/C29H44N4O4/c1-17(2)23(15-19(5)28(36)37)33(10)27(35)24(18(3)4)31-26(34)25(30-8)29(6,7)21-16-32(9)22-14-12-11-13-20(21)22/h11-18,23-25,30H,1-10H3,(H,31,34)(H,36,37)/b19-15+/t23-,24+,25-/m1/s1. The van der Waals surface area contributed by atoms with Gasteiger partial charge in [-0.2, -0.15) is 0 Å². The van der Waals surface area contributed by atoms with Crippen LogP contribution in [0.3, 0.4) is 0 Å². The van der Waals surface area contributed by atoms with Crippen molar-refractivity contribution in [3.8, 4) is 0 Å². The van der Waals surface area contributed by atoms with Crippen LogP contribution in [0, 0.1) is 11.8 Å². The summed E-state index contributed by atoms with van der Waals surface area (Å²) in [7, 11) is 5.41. The summed E-state index contributed by atoms with van der Waals surface area (Å²) >= 11 is 0. The Hall–Kier alpha value is -3.13. The van der Waals surface area contributed by atoms with Crippen LogP contribution in [-0.2, 0) is 26.8 Å². The van der Waals surface area contributed by atoms with Crippen molar-refractivity contribution in [3.05, 3.63) is 47.7 Å². The molecule has 2 rings (SSSR count). The maximum atomic E-state index is 13.7. The molecular weight excluding hydrogens is 468 g/mol. The van der Waals surface area contributed by atoms with Crippen LogP contribution < -0.4 is 10.6 Å². The summed E-state index contributed by atoms with van der Waals surface area (Å²) in [6.45, 7) is 13.2. The third kappa shape index (κ3) is 6.42. The minimum atomic E-state index is -1.02. The Bertz CT molecular complexity index is 1160. The number of nitrogens with one attached hydrogen (secondary N) is 2. The number of fused-ring (bicyclic) bond motifs is 1. The van der Waals surface area contributed by atoms with Crippen molar-refractivity contribution in [1.29, 1.82) is 0 Å². The third-order valence-electron chi connectivity index (χ3n) is 7.33. The van der Waals surface area contributed by atoms with E-state index in [1.165, 1.54) is 6.92 Å². The molecule has 0 aliphatic heterocycles. The molecule has 0 unspecified atom stereocenters. The highest BCUT2D eigenvalue weighted by molar-refractivity contribution is 5.93. The lowest BCUT2D eigenvalue weighted by Gasteiger charge is -2.37. The Balaban J connectivity index is 2.37. The quantitative estimate of drug-likeness (QED) is 0.399. The number of nitrogens with zero attached hydrogens (tertiary/aromatic N) is 2. The molecule has 1 aromatic carbocycles. The van der Waals surface area contributed by atoms with Crippen molar-refractivity contribution < 1.29 is 19.5 Å². The molecule has 2 aromatic rings. The molecule has 0 aliphatic rings. The van der Waals surface area contributed by atoms with E-state index in [2.05, 4.69) is 33.5 Å². The number of carboxylic acid groups (broad SMARTS) is 1. The Morgan fingerprint density at radius 3 is 2.19 bits per heavy atom. The van der Waals surface area contributed by atoms with Gasteiger partial charge in [-0.1, -0.05) is 65.8 Å². The molecule has 3 N–H and O–H groups in total. The summed E-state index contributed by atoms with van der Waals surface area (Å²) in [5.74, 6) is -1.72. The van der Waals surface area contributed by atoms with Crippen LogP contribution in [0.1, 0.15) is 54.0 Å². The van der Waals surface area contributed by atoms with E-state index in [1.807, 2.05) is 60.7 Å². The van der Waals surface area contributed by atoms with Gasteiger partial charge in [0.2, 0.25) is 11.8 Å². The van der Waals surface area contributed by atoms with E-state index in [0.717, 1.165) is 16.5 Å². The predicted molar refractivity (Wildman–Crippen MR) is 148 cm³/mol. The number of carbonyl (C=O) groups excluding carboxylic acids is 2. The molecule has 0 spiro atoms. The number of aliphatic carboxylic acids is 1. The van der Waals surface area contributed by atoms with Gasteiger partial charge in [-0.3, -0.25) is 9.59 Å². The van der Waals surface area contributed by atoms with Gasteiger partial charge in [0.15, 0.2) is 0 Å². The first-order valence-corrected chi connectivity index (χ1v) is 12.9. The van der Waals surface area contributed by atoms with Crippen LogP contribution in [0.25, 0.3) is 10.9 Å². The van der Waals surface area contributed by atoms with Gasteiger partial charge < -0.3 is 25.2 Å². The Labute approximate surface area is 221 Å². The average molecular weight is 513 g/mol. The van der Waals surface area contributed by atoms with Crippen LogP contribution >= 0.6 is 0 Å². The zero-order valence-electron chi connectivity index (χ0n) is 23.9. The second-order valence-corrected chi connectivity index (χ2v) is 11.2. The molecule has 0 bridgehead atoms. The van der Waals surface area contributed by atoms with Crippen LogP contribution in [0.4, 0.5) is 0 Å². The minimum absolute atomic E-state index is 0.0119. The lowest BCUT2D eigenvalue weighted by atomic mass is 9.77. The second kappa shape index (κ2) is 11.9. The summed E-state index contributed by atoms with van der Waals surface area (Å²) in [4.78, 5) is 40.3. The van der Waals surface area contributed by atoms with Gasteiger partial charge in [-0.25, -0.2) is 4.79 Å². The van der Waals surface area contributed by atoms with E-state index < -0.39 is 29.5 Å². The van der Waals surface area contributed by atoms with E-state index in [-0.39, 0.29) is 29.2 Å². The number of aryl methyl sites for hydroxylation is 1. The summed E-state index contributed by atoms with van der Waals surface area (Å²) < 4.78 is 2.06. The average Bonchev–Trinajstić information content (AvgIpc) is 3.17. The van der Waals surface area contributed by atoms with Gasteiger partial charge in [0.25, 0.3) is 0 Å². The van der Waals surface area contributed by atoms with Crippen LogP contribution in [0.15, 0.2) is 42.1 Å². The first kappa shape index (κ1) is 30.1. The first-order chi connectivity index (χ1) is 17.1. The number of aromatic nitrogens is 1. The number of carbonyl (C=O) groups is 3. The van der Waals surface area contributed by atoms with E-state index in [4.69, 9.17) is 0 Å². The van der Waals surface area contributed by atoms with Gasteiger partial charge >= 0.3 is 5.97 Å². The fraction of sp³-hybridized carbons (Fsp3) is 0.552. The molecule has 1 aromatic heterocycles. The van der Waals surface area contributed by atoms with Crippen LogP contribution in [-0.4, -0.2) is 64.6 Å². The fourth-order valence-electron chi connectivity index (χ4n) is 5.03.